The van der Waals surface area contributed by atoms with E-state index >= 15 is 0 Å². The van der Waals surface area contributed by atoms with Crippen LogP contribution in [0.5, 0.6) is 17.2 Å². The van der Waals surface area contributed by atoms with Gasteiger partial charge in [0, 0.05) is 0 Å². The minimum atomic E-state index is -0.382. The summed E-state index contributed by atoms with van der Waals surface area (Å²) in [5.41, 5.74) is 2.61. The van der Waals surface area contributed by atoms with Crippen molar-refractivity contribution in [3.05, 3.63) is 90.5 Å². The van der Waals surface area contributed by atoms with Crippen LogP contribution in [0.15, 0.2) is 84.9 Å². The van der Waals surface area contributed by atoms with Gasteiger partial charge in [-0.05, 0) is 104 Å². The Morgan fingerprint density at radius 2 is 1.26 bits per heavy atom. The van der Waals surface area contributed by atoms with Gasteiger partial charge in [-0.1, -0.05) is 63.6 Å². The largest absolute Gasteiger partial charge is 0.494 e. The van der Waals surface area contributed by atoms with Crippen LogP contribution in [-0.2, 0) is 0 Å². The van der Waals surface area contributed by atoms with E-state index in [1.54, 1.807) is 24.3 Å². The monoisotopic (exact) mass is 514 g/mol. The quantitative estimate of drug-likeness (QED) is 0.0827. The van der Waals surface area contributed by atoms with Gasteiger partial charge in [-0.25, -0.2) is 4.79 Å². The van der Waals surface area contributed by atoms with E-state index in [9.17, 15) is 4.79 Å². The number of hydrogen-bond donors (Lipinski definition) is 0. The average Bonchev–Trinajstić information content (AvgIpc) is 2.96. The summed E-state index contributed by atoms with van der Waals surface area (Å²) in [7, 11) is 0. The third-order valence-corrected chi connectivity index (χ3v) is 6.59. The molecule has 0 fully saturated rings. The molecule has 0 aliphatic rings. The van der Waals surface area contributed by atoms with Gasteiger partial charge in [0.1, 0.15) is 17.2 Å². The smallest absolute Gasteiger partial charge is 0.343 e. The number of ether oxygens (including phenoxy) is 3. The molecule has 0 radical (unpaired) electrons. The molecular weight excluding hydrogens is 472 g/mol. The Morgan fingerprint density at radius 3 is 1.87 bits per heavy atom. The van der Waals surface area contributed by atoms with Gasteiger partial charge < -0.3 is 14.2 Å². The standard InChI is InChI=1S/C34H42O4/c1-4-6-7-8-9-10-25-36-31-19-17-29(18-20-31)28-13-15-30(16-14-28)34(35)38-33-23-21-32(22-24-33)37-26-11-12-27(3)5-2/h6-7,13-24,27H,4-5,8-12,25-26H2,1-3H3/b7-6-/t27-/m0/s1. The molecule has 3 aromatic rings. The summed E-state index contributed by atoms with van der Waals surface area (Å²) in [4.78, 5) is 12.6. The molecule has 0 aliphatic carbocycles. The van der Waals surface area contributed by atoms with Gasteiger partial charge >= 0.3 is 5.97 Å². The average molecular weight is 515 g/mol. The Bertz CT molecular complexity index is 1100. The number of carbonyl (C=O) groups excluding carboxylic acids is 1. The third kappa shape index (κ3) is 10.1. The molecule has 0 amide bonds. The van der Waals surface area contributed by atoms with E-state index in [2.05, 4.69) is 32.9 Å². The predicted octanol–water partition coefficient (Wildman–Crippen LogP) is 9.29. The number of esters is 1. The maximum absolute atomic E-state index is 12.6. The molecule has 0 bridgehead atoms. The van der Waals surface area contributed by atoms with Crippen LogP contribution in [0.25, 0.3) is 11.1 Å². The van der Waals surface area contributed by atoms with E-state index in [4.69, 9.17) is 14.2 Å². The van der Waals surface area contributed by atoms with Gasteiger partial charge in [0.2, 0.25) is 0 Å². The summed E-state index contributed by atoms with van der Waals surface area (Å²) in [6.07, 6.45) is 12.2. The first kappa shape index (κ1) is 29.0. The second kappa shape index (κ2) is 16.3. The number of benzene rings is 3. The van der Waals surface area contributed by atoms with Crippen LogP contribution in [0.2, 0.25) is 0 Å². The molecule has 0 aromatic heterocycles. The van der Waals surface area contributed by atoms with E-state index < -0.39 is 0 Å². The first-order valence-electron chi connectivity index (χ1n) is 14.0. The topological polar surface area (TPSA) is 44.8 Å². The molecule has 0 heterocycles. The van der Waals surface area contributed by atoms with Crippen molar-refractivity contribution in [1.82, 2.24) is 0 Å². The highest BCUT2D eigenvalue weighted by atomic mass is 16.5. The molecule has 0 spiro atoms. The van der Waals surface area contributed by atoms with E-state index in [0.717, 1.165) is 67.3 Å². The first-order valence-corrected chi connectivity index (χ1v) is 14.0. The van der Waals surface area contributed by atoms with Crippen LogP contribution in [0.4, 0.5) is 0 Å². The molecule has 202 valence electrons. The molecular formula is C34H42O4. The summed E-state index contributed by atoms with van der Waals surface area (Å²) >= 11 is 0. The molecule has 0 N–H and O–H groups in total. The molecule has 0 saturated heterocycles. The lowest BCUT2D eigenvalue weighted by Crippen LogP contribution is -2.08. The van der Waals surface area contributed by atoms with E-state index in [1.165, 1.54) is 12.8 Å². The molecule has 1 atom stereocenters. The predicted molar refractivity (Wildman–Crippen MR) is 156 cm³/mol. The molecule has 0 unspecified atom stereocenters. The molecule has 4 nitrogen and oxygen atoms in total. The van der Waals surface area contributed by atoms with E-state index in [0.29, 0.717) is 17.9 Å². The molecule has 3 aromatic carbocycles. The summed E-state index contributed by atoms with van der Waals surface area (Å²) in [5, 5.41) is 0. The summed E-state index contributed by atoms with van der Waals surface area (Å²) < 4.78 is 17.2. The number of allylic oxidation sites excluding steroid dienone is 2. The van der Waals surface area contributed by atoms with Crippen molar-refractivity contribution in [1.29, 1.82) is 0 Å². The number of rotatable bonds is 16. The summed E-state index contributed by atoms with van der Waals surface area (Å²) in [5.74, 6) is 2.51. The molecule has 4 heteroatoms. The lowest BCUT2D eigenvalue weighted by Gasteiger charge is -2.10. The Morgan fingerprint density at radius 1 is 0.711 bits per heavy atom. The van der Waals surface area contributed by atoms with Crippen LogP contribution < -0.4 is 14.2 Å². The zero-order valence-electron chi connectivity index (χ0n) is 23.2. The number of carbonyl (C=O) groups is 1. The normalized spacial score (nSPS) is 11.9. The van der Waals surface area contributed by atoms with Gasteiger partial charge in [0.15, 0.2) is 0 Å². The van der Waals surface area contributed by atoms with Gasteiger partial charge in [-0.2, -0.15) is 0 Å². The van der Waals surface area contributed by atoms with Crippen LogP contribution in [0, 0.1) is 5.92 Å². The Kier molecular flexibility index (Phi) is 12.5. The van der Waals surface area contributed by atoms with Gasteiger partial charge in [0.25, 0.3) is 0 Å². The van der Waals surface area contributed by atoms with E-state index in [-0.39, 0.29) is 5.97 Å². The summed E-state index contributed by atoms with van der Waals surface area (Å²) in [6.45, 7) is 8.05. The highest BCUT2D eigenvalue weighted by Gasteiger charge is 2.10. The van der Waals surface area contributed by atoms with Gasteiger partial charge in [0.05, 0.1) is 18.8 Å². The fourth-order valence-corrected chi connectivity index (χ4v) is 3.98. The zero-order chi connectivity index (χ0) is 27.0. The van der Waals surface area contributed by atoms with Crippen LogP contribution in [-0.4, -0.2) is 19.2 Å². The molecule has 38 heavy (non-hydrogen) atoms. The van der Waals surface area contributed by atoms with Gasteiger partial charge in [-0.15, -0.1) is 0 Å². The Hall–Kier alpha value is -3.53. The number of unbranched alkanes of at least 4 members (excludes halogenated alkanes) is 2. The van der Waals surface area contributed by atoms with Crippen molar-refractivity contribution in [2.45, 2.75) is 65.7 Å². The Labute approximate surface area is 228 Å². The third-order valence-electron chi connectivity index (χ3n) is 6.59. The van der Waals surface area contributed by atoms with Crippen LogP contribution in [0.1, 0.15) is 76.1 Å². The van der Waals surface area contributed by atoms with Crippen molar-refractivity contribution < 1.29 is 19.0 Å². The minimum absolute atomic E-state index is 0.382. The van der Waals surface area contributed by atoms with Crippen molar-refractivity contribution in [2.24, 2.45) is 5.92 Å². The van der Waals surface area contributed by atoms with Crippen LogP contribution >= 0.6 is 0 Å². The van der Waals surface area contributed by atoms with Crippen molar-refractivity contribution in [3.63, 3.8) is 0 Å². The SMILES string of the molecule is CC/C=C\CCCCOc1ccc(-c2ccc(C(=O)Oc3ccc(OCCC[C@@H](C)CC)cc3)cc2)cc1. The highest BCUT2D eigenvalue weighted by Crippen LogP contribution is 2.24. The fourth-order valence-electron chi connectivity index (χ4n) is 3.98. The highest BCUT2D eigenvalue weighted by molar-refractivity contribution is 5.91. The van der Waals surface area contributed by atoms with Crippen molar-refractivity contribution in [3.8, 4) is 28.4 Å². The van der Waals surface area contributed by atoms with Crippen LogP contribution in [0.3, 0.4) is 0 Å². The molecule has 0 aliphatic heterocycles. The van der Waals surface area contributed by atoms with Gasteiger partial charge in [-0.3, -0.25) is 0 Å². The molecule has 0 saturated carbocycles. The van der Waals surface area contributed by atoms with Crippen molar-refractivity contribution >= 4 is 5.97 Å². The first-order chi connectivity index (χ1) is 18.6. The zero-order valence-corrected chi connectivity index (χ0v) is 23.2. The Balaban J connectivity index is 1.43. The molecule has 3 rings (SSSR count). The minimum Gasteiger partial charge on any atom is -0.494 e. The maximum atomic E-state index is 12.6. The lowest BCUT2D eigenvalue weighted by atomic mass is 10.0. The summed E-state index contributed by atoms with van der Waals surface area (Å²) in [6, 6.07) is 22.8. The van der Waals surface area contributed by atoms with E-state index in [1.807, 2.05) is 48.5 Å². The maximum Gasteiger partial charge on any atom is 0.343 e. The number of hydrogen-bond acceptors (Lipinski definition) is 4. The second-order valence-electron chi connectivity index (χ2n) is 9.69. The second-order valence-corrected chi connectivity index (χ2v) is 9.69. The van der Waals surface area contributed by atoms with Crippen molar-refractivity contribution in [2.75, 3.05) is 13.2 Å². The fraction of sp³-hybridized carbons (Fsp3) is 0.382. The lowest BCUT2D eigenvalue weighted by molar-refractivity contribution is 0.0734.